The first-order chi connectivity index (χ1) is 8.11. The molecule has 1 aliphatic rings. The lowest BCUT2D eigenvalue weighted by Crippen LogP contribution is -2.49. The normalized spacial score (nSPS) is 25.0. The van der Waals surface area contributed by atoms with Gasteiger partial charge < -0.3 is 15.4 Å². The van der Waals surface area contributed by atoms with Crippen LogP contribution in [0.2, 0.25) is 0 Å². The van der Waals surface area contributed by atoms with E-state index in [0.29, 0.717) is 6.04 Å². The van der Waals surface area contributed by atoms with E-state index < -0.39 is 0 Å². The molecule has 1 aromatic rings. The lowest BCUT2D eigenvalue weighted by Gasteiger charge is -2.39. The molecule has 0 amide bonds. The summed E-state index contributed by atoms with van der Waals surface area (Å²) in [6.07, 6.45) is 3.08. The van der Waals surface area contributed by atoms with E-state index in [4.69, 9.17) is 10.5 Å². The lowest BCUT2D eigenvalue weighted by atomic mass is 10.1. The minimum Gasteiger partial charge on any atom is -0.397 e. The summed E-state index contributed by atoms with van der Waals surface area (Å²) >= 11 is 0. The predicted octanol–water partition coefficient (Wildman–Crippen LogP) is 1.98. The topological polar surface area (TPSA) is 51.4 Å². The van der Waals surface area contributed by atoms with Gasteiger partial charge in [-0.25, -0.2) is 4.98 Å². The summed E-state index contributed by atoms with van der Waals surface area (Å²) in [6.45, 7) is 7.98. The van der Waals surface area contributed by atoms with Crippen LogP contribution < -0.4 is 10.6 Å². The molecule has 2 rings (SSSR count). The van der Waals surface area contributed by atoms with E-state index in [1.807, 2.05) is 6.92 Å². The molecule has 94 valence electrons. The van der Waals surface area contributed by atoms with Crippen LogP contribution in [0.15, 0.2) is 12.3 Å². The predicted molar refractivity (Wildman–Crippen MR) is 70.2 cm³/mol. The minimum absolute atomic E-state index is 0.262. The van der Waals surface area contributed by atoms with Crippen molar-refractivity contribution in [2.75, 3.05) is 23.8 Å². The molecule has 0 bridgehead atoms. The Kier molecular flexibility index (Phi) is 3.52. The summed E-state index contributed by atoms with van der Waals surface area (Å²) in [7, 11) is 0. The quantitative estimate of drug-likeness (QED) is 0.851. The van der Waals surface area contributed by atoms with Gasteiger partial charge in [-0.3, -0.25) is 0 Å². The van der Waals surface area contributed by atoms with E-state index in [1.54, 1.807) is 6.20 Å². The Labute approximate surface area is 103 Å². The van der Waals surface area contributed by atoms with Crippen molar-refractivity contribution in [1.82, 2.24) is 4.98 Å². The second-order valence-electron chi connectivity index (χ2n) is 4.76. The van der Waals surface area contributed by atoms with Crippen molar-refractivity contribution in [2.45, 2.75) is 39.3 Å². The van der Waals surface area contributed by atoms with Crippen LogP contribution in [-0.2, 0) is 4.74 Å². The molecule has 1 saturated heterocycles. The van der Waals surface area contributed by atoms with E-state index in [9.17, 15) is 0 Å². The maximum Gasteiger partial charge on any atom is 0.129 e. The van der Waals surface area contributed by atoms with Crippen molar-refractivity contribution in [3.05, 3.63) is 17.8 Å². The van der Waals surface area contributed by atoms with Crippen molar-refractivity contribution in [3.8, 4) is 0 Å². The first-order valence-corrected chi connectivity index (χ1v) is 6.22. The molecule has 2 heterocycles. The van der Waals surface area contributed by atoms with Crippen LogP contribution in [-0.4, -0.2) is 30.3 Å². The van der Waals surface area contributed by atoms with Gasteiger partial charge in [0.15, 0.2) is 0 Å². The Balaban J connectivity index is 2.25. The summed E-state index contributed by atoms with van der Waals surface area (Å²) in [4.78, 5) is 6.77. The van der Waals surface area contributed by atoms with Gasteiger partial charge in [-0.1, -0.05) is 6.92 Å². The molecule has 2 atom stereocenters. The molecule has 17 heavy (non-hydrogen) atoms. The average Bonchev–Trinajstić information content (AvgIpc) is 2.32. The van der Waals surface area contributed by atoms with Crippen LogP contribution in [0.3, 0.4) is 0 Å². The zero-order chi connectivity index (χ0) is 12.4. The second-order valence-corrected chi connectivity index (χ2v) is 4.76. The van der Waals surface area contributed by atoms with Gasteiger partial charge in [0.05, 0.1) is 30.6 Å². The van der Waals surface area contributed by atoms with Crippen LogP contribution in [0.4, 0.5) is 11.5 Å². The number of nitrogen functional groups attached to an aromatic ring is 1. The monoisotopic (exact) mass is 235 g/mol. The number of nitrogens with two attached hydrogens (primary N) is 1. The number of rotatable bonds is 2. The summed E-state index contributed by atoms with van der Waals surface area (Å²) < 4.78 is 5.69. The summed E-state index contributed by atoms with van der Waals surface area (Å²) in [5.41, 5.74) is 7.65. The number of aromatic nitrogens is 1. The van der Waals surface area contributed by atoms with Gasteiger partial charge in [0, 0.05) is 6.54 Å². The molecule has 0 aliphatic carbocycles. The molecule has 2 N–H and O–H groups in total. The zero-order valence-electron chi connectivity index (χ0n) is 10.8. The Morgan fingerprint density at radius 3 is 3.00 bits per heavy atom. The molecule has 2 unspecified atom stereocenters. The van der Waals surface area contributed by atoms with Crippen LogP contribution >= 0.6 is 0 Å². The zero-order valence-corrected chi connectivity index (χ0v) is 10.8. The van der Waals surface area contributed by atoms with Crippen molar-refractivity contribution in [3.63, 3.8) is 0 Å². The molecule has 0 spiro atoms. The van der Waals surface area contributed by atoms with E-state index in [-0.39, 0.29) is 6.10 Å². The molecule has 0 radical (unpaired) electrons. The number of pyridine rings is 1. The van der Waals surface area contributed by atoms with Gasteiger partial charge >= 0.3 is 0 Å². The third kappa shape index (κ3) is 2.52. The molecular weight excluding hydrogens is 214 g/mol. The van der Waals surface area contributed by atoms with Gasteiger partial charge in [-0.05, 0) is 31.9 Å². The fraction of sp³-hybridized carbons (Fsp3) is 0.615. The maximum absolute atomic E-state index is 5.81. The Hall–Kier alpha value is -1.29. The van der Waals surface area contributed by atoms with E-state index >= 15 is 0 Å². The first-order valence-electron chi connectivity index (χ1n) is 6.22. The maximum atomic E-state index is 5.81. The Bertz CT molecular complexity index is 394. The highest BCUT2D eigenvalue weighted by Gasteiger charge is 2.26. The molecule has 1 aromatic heterocycles. The third-order valence-electron chi connectivity index (χ3n) is 3.37. The number of aryl methyl sites for hydroxylation is 1. The standard InChI is InChI=1S/C13H21N3O/c1-4-11-8-17-10(3)7-16(11)13-5-9(2)12(14)6-15-13/h5-6,10-11H,4,7-8,14H2,1-3H3. The lowest BCUT2D eigenvalue weighted by molar-refractivity contribution is 0.0296. The van der Waals surface area contributed by atoms with Crippen molar-refractivity contribution in [2.24, 2.45) is 0 Å². The number of anilines is 2. The van der Waals surface area contributed by atoms with Crippen LogP contribution in [0.25, 0.3) is 0 Å². The van der Waals surface area contributed by atoms with E-state index in [0.717, 1.165) is 36.6 Å². The van der Waals surface area contributed by atoms with Gasteiger partial charge in [0.2, 0.25) is 0 Å². The molecule has 1 fully saturated rings. The molecular formula is C13H21N3O. The fourth-order valence-electron chi connectivity index (χ4n) is 2.17. The van der Waals surface area contributed by atoms with Crippen LogP contribution in [0.5, 0.6) is 0 Å². The summed E-state index contributed by atoms with van der Waals surface area (Å²) in [6, 6.07) is 2.48. The van der Waals surface area contributed by atoms with Crippen molar-refractivity contribution < 1.29 is 4.74 Å². The average molecular weight is 235 g/mol. The second kappa shape index (κ2) is 4.92. The smallest absolute Gasteiger partial charge is 0.129 e. The van der Waals surface area contributed by atoms with E-state index in [2.05, 4.69) is 29.8 Å². The van der Waals surface area contributed by atoms with Crippen molar-refractivity contribution >= 4 is 11.5 Å². The Morgan fingerprint density at radius 2 is 2.35 bits per heavy atom. The number of hydrogen-bond donors (Lipinski definition) is 1. The van der Waals surface area contributed by atoms with E-state index in [1.165, 1.54) is 0 Å². The molecule has 4 nitrogen and oxygen atoms in total. The van der Waals surface area contributed by atoms with Crippen molar-refractivity contribution in [1.29, 1.82) is 0 Å². The number of ether oxygens (including phenoxy) is 1. The summed E-state index contributed by atoms with van der Waals surface area (Å²) in [5.74, 6) is 1.01. The largest absolute Gasteiger partial charge is 0.397 e. The molecule has 1 aliphatic heterocycles. The molecule has 0 aromatic carbocycles. The van der Waals surface area contributed by atoms with Crippen LogP contribution in [0, 0.1) is 6.92 Å². The fourth-order valence-corrected chi connectivity index (χ4v) is 2.17. The number of hydrogen-bond acceptors (Lipinski definition) is 4. The van der Waals surface area contributed by atoms with Gasteiger partial charge in [0.1, 0.15) is 5.82 Å². The highest BCUT2D eigenvalue weighted by molar-refractivity contribution is 5.52. The van der Waals surface area contributed by atoms with Crippen LogP contribution in [0.1, 0.15) is 25.8 Å². The number of nitrogens with zero attached hydrogens (tertiary/aromatic N) is 2. The minimum atomic E-state index is 0.262. The van der Waals surface area contributed by atoms with Gasteiger partial charge in [0.25, 0.3) is 0 Å². The third-order valence-corrected chi connectivity index (χ3v) is 3.37. The van der Waals surface area contributed by atoms with Gasteiger partial charge in [-0.15, -0.1) is 0 Å². The SMILES string of the molecule is CCC1COC(C)CN1c1cc(C)c(N)cn1. The highest BCUT2D eigenvalue weighted by atomic mass is 16.5. The van der Waals surface area contributed by atoms with Gasteiger partial charge in [-0.2, -0.15) is 0 Å². The molecule has 0 saturated carbocycles. The Morgan fingerprint density at radius 1 is 1.59 bits per heavy atom. The first kappa shape index (κ1) is 12.2. The summed E-state index contributed by atoms with van der Waals surface area (Å²) in [5, 5.41) is 0. The number of morpholine rings is 1. The molecule has 4 heteroatoms. The highest BCUT2D eigenvalue weighted by Crippen LogP contribution is 2.23.